The van der Waals surface area contributed by atoms with Gasteiger partial charge in [-0.15, -0.1) is 0 Å². The van der Waals surface area contributed by atoms with E-state index in [9.17, 15) is 4.39 Å². The molecule has 1 aliphatic heterocycles. The molecule has 30 heavy (non-hydrogen) atoms. The van der Waals surface area contributed by atoms with Crippen molar-refractivity contribution in [1.82, 2.24) is 24.9 Å². The first-order chi connectivity index (χ1) is 14.0. The minimum absolute atomic E-state index is 0. The number of halogens is 1. The third-order valence-corrected chi connectivity index (χ3v) is 5.67. The lowest BCUT2D eigenvalue weighted by Crippen LogP contribution is -2.21. The maximum Gasteiger partial charge on any atom is 0.159 e. The van der Waals surface area contributed by atoms with E-state index in [1.807, 2.05) is 25.2 Å². The molecule has 1 fully saturated rings. The summed E-state index contributed by atoms with van der Waals surface area (Å²) in [5, 5.41) is 14.9. The molecular formula is C20H24FN7S2. The van der Waals surface area contributed by atoms with Gasteiger partial charge >= 0.3 is 0 Å². The van der Waals surface area contributed by atoms with E-state index in [1.54, 1.807) is 37.7 Å². The number of aromatic nitrogens is 2. The summed E-state index contributed by atoms with van der Waals surface area (Å²) in [7, 11) is 3.73. The maximum atomic E-state index is 14.2. The second kappa shape index (κ2) is 9.61. The Morgan fingerprint density at radius 3 is 2.93 bits per heavy atom. The first kappa shape index (κ1) is 22.3. The van der Waals surface area contributed by atoms with Crippen LogP contribution in [0.4, 0.5) is 10.1 Å². The highest BCUT2D eigenvalue weighted by Crippen LogP contribution is 2.29. The molecule has 0 saturated carbocycles. The smallest absolute Gasteiger partial charge is 0.159 e. The summed E-state index contributed by atoms with van der Waals surface area (Å²) in [6.45, 7) is 2.86. The Morgan fingerprint density at radius 1 is 1.37 bits per heavy atom. The molecule has 0 unspecified atom stereocenters. The zero-order chi connectivity index (χ0) is 20.4. The van der Waals surface area contributed by atoms with Crippen LogP contribution in [0.1, 0.15) is 5.69 Å². The van der Waals surface area contributed by atoms with Gasteiger partial charge in [-0.25, -0.2) is 18.7 Å². The van der Waals surface area contributed by atoms with E-state index in [2.05, 4.69) is 29.2 Å². The molecular weight excluding hydrogens is 421 g/mol. The molecule has 2 aliphatic rings. The Morgan fingerprint density at radius 2 is 2.20 bits per heavy atom. The molecule has 7 nitrogen and oxygen atoms in total. The minimum atomic E-state index is -0.579. The van der Waals surface area contributed by atoms with Gasteiger partial charge in [0.1, 0.15) is 5.83 Å². The SMILES string of the molecule is CN/C=C1/C=C(c2ccc3cc(N(C)SN4CCNC4)cnc3n2)C=C(F)C1=N.S. The molecule has 1 aliphatic carbocycles. The largest absolute Gasteiger partial charge is 0.393 e. The Labute approximate surface area is 186 Å². The molecule has 0 aromatic carbocycles. The number of anilines is 1. The summed E-state index contributed by atoms with van der Waals surface area (Å²) in [6, 6.07) is 5.84. The Hall–Kier alpha value is -2.40. The lowest BCUT2D eigenvalue weighted by molar-refractivity contribution is 0.575. The van der Waals surface area contributed by atoms with Gasteiger partial charge in [-0.3, -0.25) is 5.41 Å². The van der Waals surface area contributed by atoms with E-state index in [1.165, 1.54) is 6.08 Å². The molecule has 10 heteroatoms. The summed E-state index contributed by atoms with van der Waals surface area (Å²) in [4.78, 5) is 9.11. The Kier molecular flexibility index (Phi) is 7.14. The number of hydrogen-bond donors (Lipinski definition) is 3. The summed E-state index contributed by atoms with van der Waals surface area (Å²) in [6.07, 6.45) is 6.48. The number of allylic oxidation sites excluding steroid dienone is 5. The molecule has 158 valence electrons. The topological polar surface area (TPSA) is 80.2 Å². The van der Waals surface area contributed by atoms with Crippen molar-refractivity contribution in [3.8, 4) is 0 Å². The van der Waals surface area contributed by atoms with Crippen molar-refractivity contribution < 1.29 is 4.39 Å². The number of rotatable bonds is 5. The average Bonchev–Trinajstić information content (AvgIpc) is 3.23. The predicted octanol–water partition coefficient (Wildman–Crippen LogP) is 2.98. The van der Waals surface area contributed by atoms with Crippen LogP contribution in [0.5, 0.6) is 0 Å². The first-order valence-electron chi connectivity index (χ1n) is 9.25. The zero-order valence-corrected chi connectivity index (χ0v) is 18.6. The molecule has 0 atom stereocenters. The molecule has 3 heterocycles. The molecule has 1 saturated heterocycles. The van der Waals surface area contributed by atoms with Crippen LogP contribution in [0.15, 0.2) is 54.1 Å². The van der Waals surface area contributed by atoms with E-state index in [4.69, 9.17) is 5.41 Å². The van der Waals surface area contributed by atoms with Crippen LogP contribution in [0.25, 0.3) is 16.6 Å². The fourth-order valence-corrected chi connectivity index (χ4v) is 4.02. The minimum Gasteiger partial charge on any atom is -0.393 e. The van der Waals surface area contributed by atoms with Crippen LogP contribution in [-0.4, -0.2) is 53.8 Å². The summed E-state index contributed by atoms with van der Waals surface area (Å²) in [5.74, 6) is -0.579. The van der Waals surface area contributed by atoms with E-state index in [-0.39, 0.29) is 19.2 Å². The highest BCUT2D eigenvalue weighted by atomic mass is 32.2. The van der Waals surface area contributed by atoms with Crippen LogP contribution in [0.2, 0.25) is 0 Å². The van der Waals surface area contributed by atoms with Crippen LogP contribution in [0, 0.1) is 5.41 Å². The van der Waals surface area contributed by atoms with Gasteiger partial charge in [-0.2, -0.15) is 13.5 Å². The van der Waals surface area contributed by atoms with Crippen molar-refractivity contribution in [1.29, 1.82) is 5.41 Å². The summed E-state index contributed by atoms with van der Waals surface area (Å²) < 4.78 is 18.5. The lowest BCUT2D eigenvalue weighted by Gasteiger charge is -2.22. The first-order valence-corrected chi connectivity index (χ1v) is 9.98. The highest BCUT2D eigenvalue weighted by Gasteiger charge is 2.18. The normalized spacial score (nSPS) is 18.2. The van der Waals surface area contributed by atoms with Crippen LogP contribution >= 0.6 is 25.6 Å². The van der Waals surface area contributed by atoms with Gasteiger partial charge in [0, 0.05) is 62.1 Å². The Balaban J connectivity index is 0.00000256. The molecule has 0 bridgehead atoms. The van der Waals surface area contributed by atoms with E-state index in [0.717, 1.165) is 30.8 Å². The van der Waals surface area contributed by atoms with Crippen LogP contribution < -0.4 is 14.9 Å². The molecule has 2 aromatic rings. The van der Waals surface area contributed by atoms with Gasteiger partial charge in [0.2, 0.25) is 0 Å². The quantitative estimate of drug-likeness (QED) is 0.611. The second-order valence-electron chi connectivity index (χ2n) is 6.73. The van der Waals surface area contributed by atoms with Crippen molar-refractivity contribution in [3.05, 3.63) is 59.8 Å². The van der Waals surface area contributed by atoms with E-state index >= 15 is 0 Å². The highest BCUT2D eigenvalue weighted by molar-refractivity contribution is 7.98. The second-order valence-corrected chi connectivity index (χ2v) is 7.96. The molecule has 4 rings (SSSR count). The summed E-state index contributed by atoms with van der Waals surface area (Å²) in [5.41, 5.74) is 3.15. The van der Waals surface area contributed by atoms with Gasteiger partial charge < -0.3 is 14.9 Å². The van der Waals surface area contributed by atoms with E-state index < -0.39 is 5.83 Å². The monoisotopic (exact) mass is 445 g/mol. The van der Waals surface area contributed by atoms with Crippen molar-refractivity contribution in [2.24, 2.45) is 0 Å². The number of pyridine rings is 2. The number of nitrogens with zero attached hydrogens (tertiary/aromatic N) is 4. The third-order valence-electron chi connectivity index (χ3n) is 4.67. The molecule has 0 spiro atoms. The maximum absolute atomic E-state index is 14.2. The average molecular weight is 446 g/mol. The Bertz CT molecular complexity index is 1040. The molecule has 2 aromatic heterocycles. The third kappa shape index (κ3) is 4.67. The van der Waals surface area contributed by atoms with Crippen molar-refractivity contribution in [3.63, 3.8) is 0 Å². The van der Waals surface area contributed by atoms with E-state index in [0.29, 0.717) is 22.5 Å². The molecule has 0 radical (unpaired) electrons. The zero-order valence-electron chi connectivity index (χ0n) is 16.7. The lowest BCUT2D eigenvalue weighted by atomic mass is 9.97. The van der Waals surface area contributed by atoms with Crippen LogP contribution in [-0.2, 0) is 0 Å². The number of hydrogen-bond acceptors (Lipinski definition) is 8. The fourth-order valence-electron chi connectivity index (χ4n) is 3.15. The predicted molar refractivity (Wildman–Crippen MR) is 128 cm³/mol. The van der Waals surface area contributed by atoms with Gasteiger partial charge in [0.25, 0.3) is 0 Å². The number of fused-ring (bicyclic) bond motifs is 1. The summed E-state index contributed by atoms with van der Waals surface area (Å²) >= 11 is 1.65. The number of nitrogens with one attached hydrogen (secondary N) is 3. The fraction of sp³-hybridized carbons (Fsp3) is 0.250. The van der Waals surface area contributed by atoms with Gasteiger partial charge in [-0.1, -0.05) is 0 Å². The molecule has 3 N–H and O–H groups in total. The van der Waals surface area contributed by atoms with Crippen molar-refractivity contribution in [2.75, 3.05) is 38.2 Å². The standard InChI is InChI=1S/C20H22FN7S.H2S/c1-23-10-15-7-14(9-17(21)19(15)22)18-4-3-13-8-16(11-25-20(13)26-18)27(2)29-28-6-5-24-12-28;/h3-4,7-11,22-24H,5-6,12H2,1-2H3;1H2/b15-10-,22-19?;. The van der Waals surface area contributed by atoms with Crippen molar-refractivity contribution in [2.45, 2.75) is 0 Å². The van der Waals surface area contributed by atoms with Crippen molar-refractivity contribution >= 4 is 53.6 Å². The van der Waals surface area contributed by atoms with Gasteiger partial charge in [0.05, 0.1) is 30.0 Å². The van der Waals surface area contributed by atoms with Gasteiger partial charge in [-0.05, 0) is 30.4 Å². The van der Waals surface area contributed by atoms with Gasteiger partial charge in [0.15, 0.2) is 5.65 Å². The van der Waals surface area contributed by atoms with Crippen LogP contribution in [0.3, 0.4) is 0 Å². The molecule has 0 amide bonds.